The fourth-order valence-electron chi connectivity index (χ4n) is 1.88. The van der Waals surface area contributed by atoms with Crippen LogP contribution < -0.4 is 4.74 Å². The molecule has 0 spiro atoms. The maximum absolute atomic E-state index is 9.89. The van der Waals surface area contributed by atoms with E-state index in [4.69, 9.17) is 4.74 Å². The second kappa shape index (κ2) is 5.01. The van der Waals surface area contributed by atoms with E-state index in [0.717, 1.165) is 11.4 Å². The summed E-state index contributed by atoms with van der Waals surface area (Å²) in [4.78, 5) is 8.38. The molecule has 3 aromatic rings. The van der Waals surface area contributed by atoms with Crippen LogP contribution in [0.3, 0.4) is 0 Å². The molecule has 0 saturated carbocycles. The van der Waals surface area contributed by atoms with Crippen LogP contribution in [0.1, 0.15) is 0 Å². The monoisotopic (exact) mass is 288 g/mol. The van der Waals surface area contributed by atoms with Crippen molar-refractivity contribution in [1.82, 2.24) is 19.7 Å². The van der Waals surface area contributed by atoms with Crippen LogP contribution in [0, 0.1) is 0 Å². The van der Waals surface area contributed by atoms with Gasteiger partial charge in [-0.25, -0.2) is 9.67 Å². The lowest BCUT2D eigenvalue weighted by atomic mass is 10.3. The van der Waals surface area contributed by atoms with E-state index < -0.39 is 0 Å². The third-order valence-corrected chi connectivity index (χ3v) is 3.44. The standard InChI is InChI=1S/C13H12N4O2S/c1-19-9-5-3-8(4-6-9)17-11-10(7-14-17)12(18)16-13(15-11)20-2/h3-7H,1-2H3,(H,15,16,18). The number of methoxy groups -OCH3 is 1. The number of benzene rings is 1. The number of hydrogen-bond donors (Lipinski definition) is 1. The highest BCUT2D eigenvalue weighted by molar-refractivity contribution is 7.98. The number of rotatable bonds is 3. The van der Waals surface area contributed by atoms with Crippen LogP contribution in [0.25, 0.3) is 16.7 Å². The fraction of sp³-hybridized carbons (Fsp3) is 0.154. The van der Waals surface area contributed by atoms with Crippen molar-refractivity contribution in [3.63, 3.8) is 0 Å². The van der Waals surface area contributed by atoms with Crippen LogP contribution in [0.5, 0.6) is 11.6 Å². The first-order valence-electron chi connectivity index (χ1n) is 5.86. The lowest BCUT2D eigenvalue weighted by Gasteiger charge is -2.05. The maximum Gasteiger partial charge on any atom is 0.226 e. The third kappa shape index (κ3) is 2.05. The Bertz CT molecular complexity index is 755. The van der Waals surface area contributed by atoms with E-state index in [-0.39, 0.29) is 5.88 Å². The van der Waals surface area contributed by atoms with Gasteiger partial charge in [0.15, 0.2) is 10.8 Å². The fourth-order valence-corrected chi connectivity index (χ4v) is 2.23. The number of nitrogens with zero attached hydrogens (tertiary/aromatic N) is 4. The molecule has 0 atom stereocenters. The molecule has 0 fully saturated rings. The van der Waals surface area contributed by atoms with Crippen molar-refractivity contribution in [1.29, 1.82) is 0 Å². The molecule has 0 amide bonds. The average Bonchev–Trinajstić information content (AvgIpc) is 2.91. The molecule has 2 aromatic heterocycles. The van der Waals surface area contributed by atoms with Crippen LogP contribution >= 0.6 is 11.8 Å². The molecule has 6 nitrogen and oxygen atoms in total. The van der Waals surface area contributed by atoms with Gasteiger partial charge < -0.3 is 9.84 Å². The maximum atomic E-state index is 9.89. The number of ether oxygens (including phenoxy) is 1. The van der Waals surface area contributed by atoms with E-state index in [0.29, 0.717) is 16.2 Å². The Morgan fingerprint density at radius 3 is 2.60 bits per heavy atom. The lowest BCUT2D eigenvalue weighted by Crippen LogP contribution is -1.99. The second-order valence-corrected chi connectivity index (χ2v) is 4.80. The number of thioether (sulfide) groups is 1. The zero-order valence-corrected chi connectivity index (χ0v) is 11.8. The molecule has 0 unspecified atom stereocenters. The Morgan fingerprint density at radius 2 is 1.95 bits per heavy atom. The summed E-state index contributed by atoms with van der Waals surface area (Å²) in [6, 6.07) is 7.45. The van der Waals surface area contributed by atoms with E-state index >= 15 is 0 Å². The van der Waals surface area contributed by atoms with Crippen molar-refractivity contribution < 1.29 is 9.84 Å². The predicted molar refractivity (Wildman–Crippen MR) is 76.7 cm³/mol. The van der Waals surface area contributed by atoms with Gasteiger partial charge in [-0.1, -0.05) is 11.8 Å². The molecule has 102 valence electrons. The van der Waals surface area contributed by atoms with Gasteiger partial charge in [0.1, 0.15) is 11.1 Å². The summed E-state index contributed by atoms with van der Waals surface area (Å²) in [5.41, 5.74) is 1.41. The normalized spacial score (nSPS) is 10.9. The summed E-state index contributed by atoms with van der Waals surface area (Å²) < 4.78 is 6.79. The Kier molecular flexibility index (Phi) is 3.19. The van der Waals surface area contributed by atoms with Crippen LogP contribution in [-0.4, -0.2) is 38.2 Å². The number of fused-ring (bicyclic) bond motifs is 1. The molecule has 0 aliphatic heterocycles. The summed E-state index contributed by atoms with van der Waals surface area (Å²) in [7, 11) is 1.62. The molecule has 20 heavy (non-hydrogen) atoms. The van der Waals surface area contributed by atoms with Gasteiger partial charge in [0, 0.05) is 0 Å². The molecule has 2 heterocycles. The molecule has 0 radical (unpaired) electrons. The zero-order chi connectivity index (χ0) is 14.1. The molecule has 1 N–H and O–H groups in total. The first-order chi connectivity index (χ1) is 9.72. The number of hydrogen-bond acceptors (Lipinski definition) is 6. The topological polar surface area (TPSA) is 73.1 Å². The van der Waals surface area contributed by atoms with E-state index in [9.17, 15) is 5.11 Å². The van der Waals surface area contributed by atoms with Crippen LogP contribution in [0.4, 0.5) is 0 Å². The predicted octanol–water partition coefficient (Wildman–Crippen LogP) is 2.25. The van der Waals surface area contributed by atoms with Gasteiger partial charge in [0.05, 0.1) is 19.0 Å². The van der Waals surface area contributed by atoms with Gasteiger partial charge in [0.2, 0.25) is 5.88 Å². The summed E-state index contributed by atoms with van der Waals surface area (Å²) >= 11 is 1.37. The Morgan fingerprint density at radius 1 is 1.20 bits per heavy atom. The van der Waals surface area contributed by atoms with Crippen LogP contribution in [0.2, 0.25) is 0 Å². The third-order valence-electron chi connectivity index (χ3n) is 2.89. The zero-order valence-electron chi connectivity index (χ0n) is 10.9. The second-order valence-electron chi connectivity index (χ2n) is 4.03. The molecule has 3 rings (SSSR count). The Balaban J connectivity index is 2.17. The van der Waals surface area contributed by atoms with Crippen molar-refractivity contribution in [3.8, 4) is 17.3 Å². The molecule has 7 heteroatoms. The van der Waals surface area contributed by atoms with Gasteiger partial charge in [0.25, 0.3) is 0 Å². The number of aromatic nitrogens is 4. The molecule has 0 aliphatic rings. The Labute approximate surface area is 119 Å². The molecule has 0 aliphatic carbocycles. The van der Waals surface area contributed by atoms with Crippen molar-refractivity contribution in [3.05, 3.63) is 30.5 Å². The first-order valence-corrected chi connectivity index (χ1v) is 7.08. The molecular weight excluding hydrogens is 276 g/mol. The van der Waals surface area contributed by atoms with Gasteiger partial charge in [-0.3, -0.25) is 0 Å². The molecule has 0 saturated heterocycles. The van der Waals surface area contributed by atoms with Crippen molar-refractivity contribution in [2.45, 2.75) is 5.16 Å². The van der Waals surface area contributed by atoms with E-state index in [1.807, 2.05) is 30.5 Å². The average molecular weight is 288 g/mol. The lowest BCUT2D eigenvalue weighted by molar-refractivity contribution is 0.414. The minimum absolute atomic E-state index is 0.0564. The summed E-state index contributed by atoms with van der Waals surface area (Å²) in [5.74, 6) is 0.714. The van der Waals surface area contributed by atoms with Gasteiger partial charge in [-0.2, -0.15) is 10.1 Å². The minimum Gasteiger partial charge on any atom is -0.497 e. The van der Waals surface area contributed by atoms with Gasteiger partial charge in [-0.15, -0.1) is 0 Å². The summed E-state index contributed by atoms with van der Waals surface area (Å²) in [5, 5.41) is 15.2. The smallest absolute Gasteiger partial charge is 0.226 e. The molecular formula is C13H12N4O2S. The van der Waals surface area contributed by atoms with Crippen molar-refractivity contribution in [2.24, 2.45) is 0 Å². The van der Waals surface area contributed by atoms with E-state index in [2.05, 4.69) is 15.1 Å². The molecule has 0 bridgehead atoms. The van der Waals surface area contributed by atoms with E-state index in [1.54, 1.807) is 18.0 Å². The van der Waals surface area contributed by atoms with E-state index in [1.165, 1.54) is 11.8 Å². The highest BCUT2D eigenvalue weighted by Gasteiger charge is 2.13. The van der Waals surface area contributed by atoms with Crippen molar-refractivity contribution in [2.75, 3.05) is 13.4 Å². The van der Waals surface area contributed by atoms with Gasteiger partial charge in [-0.05, 0) is 30.5 Å². The minimum atomic E-state index is -0.0564. The summed E-state index contributed by atoms with van der Waals surface area (Å²) in [6.07, 6.45) is 3.41. The van der Waals surface area contributed by atoms with Crippen LogP contribution in [-0.2, 0) is 0 Å². The largest absolute Gasteiger partial charge is 0.497 e. The number of aromatic hydroxyl groups is 1. The first kappa shape index (κ1) is 12.7. The highest BCUT2D eigenvalue weighted by Crippen LogP contribution is 2.26. The van der Waals surface area contributed by atoms with Crippen LogP contribution in [0.15, 0.2) is 35.6 Å². The Hall–Kier alpha value is -2.28. The van der Waals surface area contributed by atoms with Crippen molar-refractivity contribution >= 4 is 22.8 Å². The highest BCUT2D eigenvalue weighted by atomic mass is 32.2. The molecule has 1 aromatic carbocycles. The van der Waals surface area contributed by atoms with Gasteiger partial charge >= 0.3 is 0 Å². The SMILES string of the molecule is COc1ccc(-n2ncc3c(O)nc(SC)nc32)cc1. The summed E-state index contributed by atoms with van der Waals surface area (Å²) in [6.45, 7) is 0. The quantitative estimate of drug-likeness (QED) is 0.588.